The lowest BCUT2D eigenvalue weighted by Crippen LogP contribution is -2.44. The SMILES string of the molecule is Clc1ccccc1C1=NN(c2ccccc2)N(c2ccccc2)N1.I. The Morgan fingerprint density at radius 1 is 0.720 bits per heavy atom. The summed E-state index contributed by atoms with van der Waals surface area (Å²) in [6, 6.07) is 27.7. The molecule has 0 atom stereocenters. The van der Waals surface area contributed by atoms with Gasteiger partial charge in [0.15, 0.2) is 5.84 Å². The molecule has 0 aromatic heterocycles. The molecular formula is C19H16ClIN4. The number of nitrogens with zero attached hydrogens (tertiary/aromatic N) is 3. The van der Waals surface area contributed by atoms with Crippen molar-refractivity contribution in [2.75, 3.05) is 10.2 Å². The van der Waals surface area contributed by atoms with Gasteiger partial charge in [-0.2, -0.15) is 10.2 Å². The third kappa shape index (κ3) is 3.57. The molecule has 0 spiro atoms. The Labute approximate surface area is 168 Å². The maximum Gasteiger partial charge on any atom is 0.177 e. The summed E-state index contributed by atoms with van der Waals surface area (Å²) in [6.07, 6.45) is 0. The quantitative estimate of drug-likeness (QED) is 0.552. The van der Waals surface area contributed by atoms with E-state index in [1.165, 1.54) is 0 Å². The Kier molecular flexibility index (Phi) is 5.45. The zero-order valence-electron chi connectivity index (χ0n) is 13.2. The van der Waals surface area contributed by atoms with Crippen molar-refractivity contribution < 1.29 is 0 Å². The minimum Gasteiger partial charge on any atom is -0.259 e. The molecule has 0 bridgehead atoms. The van der Waals surface area contributed by atoms with Gasteiger partial charge >= 0.3 is 0 Å². The number of hydrazone groups is 1. The van der Waals surface area contributed by atoms with E-state index in [4.69, 9.17) is 16.7 Å². The Morgan fingerprint density at radius 2 is 1.28 bits per heavy atom. The molecule has 0 saturated carbocycles. The summed E-state index contributed by atoms with van der Waals surface area (Å²) in [5.74, 6) is 0.702. The number of rotatable bonds is 3. The molecule has 0 amide bonds. The molecule has 1 aliphatic rings. The van der Waals surface area contributed by atoms with Crippen molar-refractivity contribution in [1.29, 1.82) is 0 Å². The van der Waals surface area contributed by atoms with Crippen LogP contribution in [0.3, 0.4) is 0 Å². The Morgan fingerprint density at radius 3 is 1.92 bits per heavy atom. The van der Waals surface area contributed by atoms with Gasteiger partial charge in [0.2, 0.25) is 0 Å². The monoisotopic (exact) mass is 462 g/mol. The fraction of sp³-hybridized carbons (Fsp3) is 0. The molecule has 0 aliphatic carbocycles. The van der Waals surface area contributed by atoms with E-state index in [1.807, 2.05) is 95.2 Å². The molecule has 0 radical (unpaired) electrons. The molecule has 126 valence electrons. The second kappa shape index (κ2) is 7.76. The van der Waals surface area contributed by atoms with Gasteiger partial charge in [0.05, 0.1) is 16.4 Å². The van der Waals surface area contributed by atoms with Crippen LogP contribution in [0.4, 0.5) is 11.4 Å². The van der Waals surface area contributed by atoms with E-state index < -0.39 is 0 Å². The first-order valence-corrected chi connectivity index (χ1v) is 8.01. The molecule has 1 N–H and O–H groups in total. The maximum absolute atomic E-state index is 6.33. The first kappa shape index (κ1) is 17.6. The number of nitrogens with one attached hydrogen (secondary N) is 1. The van der Waals surface area contributed by atoms with E-state index in [0.29, 0.717) is 10.9 Å². The van der Waals surface area contributed by atoms with Gasteiger partial charge in [-0.15, -0.1) is 29.1 Å². The predicted octanol–water partition coefficient (Wildman–Crippen LogP) is 5.07. The lowest BCUT2D eigenvalue weighted by molar-refractivity contribution is 0.771. The minimum absolute atomic E-state index is 0. The Hall–Kier alpha value is -2.25. The van der Waals surface area contributed by atoms with Crippen molar-refractivity contribution in [2.45, 2.75) is 0 Å². The summed E-state index contributed by atoms with van der Waals surface area (Å²) in [5, 5.41) is 9.11. The highest BCUT2D eigenvalue weighted by Crippen LogP contribution is 2.26. The predicted molar refractivity (Wildman–Crippen MR) is 114 cm³/mol. The Bertz CT molecular complexity index is 871. The normalized spacial score (nSPS) is 13.1. The molecule has 3 aromatic rings. The van der Waals surface area contributed by atoms with E-state index in [0.717, 1.165) is 16.9 Å². The first-order chi connectivity index (χ1) is 11.8. The van der Waals surface area contributed by atoms with Crippen molar-refractivity contribution in [1.82, 2.24) is 5.43 Å². The third-order valence-electron chi connectivity index (χ3n) is 3.71. The van der Waals surface area contributed by atoms with E-state index in [-0.39, 0.29) is 24.0 Å². The van der Waals surface area contributed by atoms with Crippen LogP contribution in [0.15, 0.2) is 90.0 Å². The molecule has 1 heterocycles. The van der Waals surface area contributed by atoms with E-state index in [2.05, 4.69) is 5.43 Å². The number of anilines is 2. The molecule has 3 aromatic carbocycles. The van der Waals surface area contributed by atoms with Crippen molar-refractivity contribution in [3.63, 3.8) is 0 Å². The molecular weight excluding hydrogens is 447 g/mol. The number of hydrazine groups is 2. The molecule has 0 unspecified atom stereocenters. The van der Waals surface area contributed by atoms with E-state index in [1.54, 1.807) is 0 Å². The summed E-state index contributed by atoms with van der Waals surface area (Å²) in [5.41, 5.74) is 6.13. The van der Waals surface area contributed by atoms with Crippen molar-refractivity contribution in [3.8, 4) is 0 Å². The van der Waals surface area contributed by atoms with Gasteiger partial charge < -0.3 is 0 Å². The fourth-order valence-electron chi connectivity index (χ4n) is 2.55. The van der Waals surface area contributed by atoms with Crippen molar-refractivity contribution in [3.05, 3.63) is 95.5 Å². The molecule has 25 heavy (non-hydrogen) atoms. The van der Waals surface area contributed by atoms with Gasteiger partial charge in [0.1, 0.15) is 0 Å². The maximum atomic E-state index is 6.33. The van der Waals surface area contributed by atoms with Crippen LogP contribution in [0.2, 0.25) is 5.02 Å². The van der Waals surface area contributed by atoms with Crippen molar-refractivity contribution in [2.24, 2.45) is 5.10 Å². The summed E-state index contributed by atoms with van der Waals surface area (Å²) in [6.45, 7) is 0. The lowest BCUT2D eigenvalue weighted by atomic mass is 10.2. The van der Waals surface area contributed by atoms with Crippen LogP contribution >= 0.6 is 35.6 Å². The summed E-state index contributed by atoms with van der Waals surface area (Å²) in [4.78, 5) is 0. The average molecular weight is 463 g/mol. The van der Waals surface area contributed by atoms with Crippen LogP contribution in [0.25, 0.3) is 0 Å². The largest absolute Gasteiger partial charge is 0.259 e. The zero-order valence-corrected chi connectivity index (χ0v) is 16.3. The molecule has 6 heteroatoms. The summed E-state index contributed by atoms with van der Waals surface area (Å²) < 4.78 is 0. The minimum atomic E-state index is 0. The zero-order chi connectivity index (χ0) is 16.4. The molecule has 4 nitrogen and oxygen atoms in total. The van der Waals surface area contributed by atoms with Crippen LogP contribution in [-0.2, 0) is 0 Å². The number of hydrogen-bond donors (Lipinski definition) is 1. The number of halogens is 2. The molecule has 0 saturated heterocycles. The highest BCUT2D eigenvalue weighted by atomic mass is 127. The standard InChI is InChI=1S/C19H15ClN4.HI/c20-18-14-8-7-13-17(18)19-21-23(15-9-3-1-4-10-15)24(22-19)16-11-5-2-6-12-16;/h1-14H,(H,21,22);1H. The van der Waals surface area contributed by atoms with Crippen LogP contribution in [0, 0.1) is 0 Å². The second-order valence-electron chi connectivity index (χ2n) is 5.31. The lowest BCUT2D eigenvalue weighted by Gasteiger charge is -2.27. The summed E-state index contributed by atoms with van der Waals surface area (Å²) >= 11 is 6.33. The van der Waals surface area contributed by atoms with Crippen LogP contribution in [0.1, 0.15) is 5.56 Å². The summed E-state index contributed by atoms with van der Waals surface area (Å²) in [7, 11) is 0. The van der Waals surface area contributed by atoms with Crippen LogP contribution in [-0.4, -0.2) is 5.84 Å². The van der Waals surface area contributed by atoms with Gasteiger partial charge in [-0.05, 0) is 36.4 Å². The van der Waals surface area contributed by atoms with Gasteiger partial charge in [0.25, 0.3) is 0 Å². The highest BCUT2D eigenvalue weighted by Gasteiger charge is 2.26. The Balaban J connectivity index is 0.00000182. The molecule has 4 rings (SSSR count). The van der Waals surface area contributed by atoms with E-state index >= 15 is 0 Å². The molecule has 1 aliphatic heterocycles. The van der Waals surface area contributed by atoms with Crippen LogP contribution < -0.4 is 15.7 Å². The smallest absolute Gasteiger partial charge is 0.177 e. The third-order valence-corrected chi connectivity index (χ3v) is 4.04. The number of amidine groups is 1. The van der Waals surface area contributed by atoms with Crippen LogP contribution in [0.5, 0.6) is 0 Å². The highest BCUT2D eigenvalue weighted by molar-refractivity contribution is 14.0. The second-order valence-corrected chi connectivity index (χ2v) is 5.72. The van der Waals surface area contributed by atoms with Gasteiger partial charge in [-0.25, -0.2) is 0 Å². The van der Waals surface area contributed by atoms with Gasteiger partial charge in [0, 0.05) is 5.56 Å². The number of para-hydroxylation sites is 2. The first-order valence-electron chi connectivity index (χ1n) is 7.63. The number of hydrogen-bond acceptors (Lipinski definition) is 4. The van der Waals surface area contributed by atoms with Gasteiger partial charge in [-0.3, -0.25) is 5.43 Å². The molecule has 0 fully saturated rings. The fourth-order valence-corrected chi connectivity index (χ4v) is 2.78. The average Bonchev–Trinajstić information content (AvgIpc) is 3.09. The van der Waals surface area contributed by atoms with E-state index in [9.17, 15) is 0 Å². The number of benzene rings is 3. The van der Waals surface area contributed by atoms with Gasteiger partial charge in [-0.1, -0.05) is 60.1 Å². The van der Waals surface area contributed by atoms with Crippen molar-refractivity contribution >= 4 is 52.8 Å². The topological polar surface area (TPSA) is 30.9 Å².